The van der Waals surface area contributed by atoms with Crippen molar-refractivity contribution in [1.29, 1.82) is 0 Å². The third-order valence-electron chi connectivity index (χ3n) is 3.09. The maximum Gasteiger partial charge on any atom is 0.409 e. The van der Waals surface area contributed by atoms with Crippen molar-refractivity contribution in [2.24, 2.45) is 16.0 Å². The van der Waals surface area contributed by atoms with Gasteiger partial charge in [-0.15, -0.1) is 10.2 Å². The van der Waals surface area contributed by atoms with E-state index in [4.69, 9.17) is 20.9 Å². The Morgan fingerprint density at radius 1 is 1.15 bits per heavy atom. The summed E-state index contributed by atoms with van der Waals surface area (Å²) in [7, 11) is 1.44. The molecule has 2 rings (SSSR count). The average Bonchev–Trinajstić information content (AvgIpc) is 2.68. The molecule has 1 aromatic heterocycles. The van der Waals surface area contributed by atoms with Gasteiger partial charge in [0, 0.05) is 7.05 Å². The number of carbonyl (C=O) groups excluding carboxylic acids is 2. The van der Waals surface area contributed by atoms with Crippen molar-refractivity contribution in [3.8, 4) is 5.75 Å². The molecule has 0 unspecified atom stereocenters. The lowest BCUT2D eigenvalue weighted by Crippen LogP contribution is -2.22. The van der Waals surface area contributed by atoms with Crippen LogP contribution in [0.3, 0.4) is 0 Å². The molecule has 0 spiro atoms. The number of carbonyl (C=O) groups is 2. The van der Waals surface area contributed by atoms with Gasteiger partial charge in [0.05, 0.1) is 6.54 Å². The second kappa shape index (κ2) is 9.68. The van der Waals surface area contributed by atoms with Crippen molar-refractivity contribution in [2.45, 2.75) is 0 Å². The summed E-state index contributed by atoms with van der Waals surface area (Å²) in [5.74, 6) is 0.316. The van der Waals surface area contributed by atoms with Gasteiger partial charge in [-0.25, -0.2) is 9.78 Å². The van der Waals surface area contributed by atoms with Gasteiger partial charge in [-0.1, -0.05) is 12.1 Å². The van der Waals surface area contributed by atoms with Crippen LogP contribution in [0.2, 0.25) is 0 Å². The summed E-state index contributed by atoms with van der Waals surface area (Å²) in [6, 6.07) is 9.87. The number of amides is 2. The first kappa shape index (κ1) is 19.6. The Labute approximate surface area is 154 Å². The molecular formula is C16H19N7O4. The standard InChI is InChI=1S/C16H19N7O4/c1-19-16(25)27-9-26-12-5-3-2-4-10(12)22-23-11-6-7-13(21-15(11)18)20-14(24)8-17/h2-7H,8-9,17H2,1H3,(H,19,25)(H3,18,20,21,24). The van der Waals surface area contributed by atoms with E-state index >= 15 is 0 Å². The van der Waals surface area contributed by atoms with E-state index in [1.54, 1.807) is 30.3 Å². The molecule has 6 N–H and O–H groups in total. The van der Waals surface area contributed by atoms with Crippen LogP contribution in [0.4, 0.5) is 27.8 Å². The number of azo groups is 1. The topological polar surface area (TPSA) is 166 Å². The molecule has 1 aromatic carbocycles. The number of para-hydroxylation sites is 1. The van der Waals surface area contributed by atoms with E-state index in [2.05, 4.69) is 25.8 Å². The summed E-state index contributed by atoms with van der Waals surface area (Å²) in [4.78, 5) is 26.3. The normalized spacial score (nSPS) is 10.4. The molecule has 0 fully saturated rings. The van der Waals surface area contributed by atoms with Gasteiger partial charge in [0.15, 0.2) is 11.6 Å². The summed E-state index contributed by atoms with van der Waals surface area (Å²) < 4.78 is 10.1. The second-order valence-electron chi connectivity index (χ2n) is 4.96. The van der Waals surface area contributed by atoms with E-state index in [1.807, 2.05) is 0 Å². The highest BCUT2D eigenvalue weighted by Crippen LogP contribution is 2.30. The maximum absolute atomic E-state index is 11.3. The monoisotopic (exact) mass is 373 g/mol. The molecule has 0 radical (unpaired) electrons. The third kappa shape index (κ3) is 5.93. The number of nitrogens with one attached hydrogen (secondary N) is 2. The molecule has 0 atom stereocenters. The van der Waals surface area contributed by atoms with Crippen molar-refractivity contribution >= 4 is 35.0 Å². The molecule has 27 heavy (non-hydrogen) atoms. The first-order valence-corrected chi connectivity index (χ1v) is 7.78. The minimum absolute atomic E-state index is 0.0786. The second-order valence-corrected chi connectivity index (χ2v) is 4.96. The number of nitrogen functional groups attached to an aromatic ring is 1. The Morgan fingerprint density at radius 2 is 1.89 bits per heavy atom. The molecule has 11 nitrogen and oxygen atoms in total. The first-order chi connectivity index (χ1) is 13.0. The van der Waals surface area contributed by atoms with E-state index in [0.29, 0.717) is 17.1 Å². The van der Waals surface area contributed by atoms with Gasteiger partial charge >= 0.3 is 6.09 Å². The van der Waals surface area contributed by atoms with Crippen LogP contribution in [-0.2, 0) is 9.53 Å². The number of hydrogen-bond acceptors (Lipinski definition) is 9. The van der Waals surface area contributed by atoms with Gasteiger partial charge < -0.3 is 31.6 Å². The SMILES string of the molecule is CNC(=O)OCOc1ccccc1N=Nc1ccc(NC(=O)CN)nc1N. The molecule has 0 aliphatic rings. The van der Waals surface area contributed by atoms with Crippen molar-refractivity contribution in [1.82, 2.24) is 10.3 Å². The quantitative estimate of drug-likeness (QED) is 0.423. The van der Waals surface area contributed by atoms with Crippen molar-refractivity contribution < 1.29 is 19.1 Å². The smallest absolute Gasteiger partial charge is 0.409 e. The van der Waals surface area contributed by atoms with Crippen LogP contribution in [0.5, 0.6) is 5.75 Å². The van der Waals surface area contributed by atoms with E-state index < -0.39 is 6.09 Å². The maximum atomic E-state index is 11.3. The lowest BCUT2D eigenvalue weighted by Gasteiger charge is -2.08. The molecule has 11 heteroatoms. The van der Waals surface area contributed by atoms with Crippen molar-refractivity contribution in [3.05, 3.63) is 36.4 Å². The first-order valence-electron chi connectivity index (χ1n) is 7.78. The number of anilines is 2. The molecule has 1 heterocycles. The van der Waals surface area contributed by atoms with Crippen LogP contribution < -0.4 is 26.8 Å². The zero-order valence-corrected chi connectivity index (χ0v) is 14.5. The Morgan fingerprint density at radius 3 is 2.59 bits per heavy atom. The van der Waals surface area contributed by atoms with Gasteiger partial charge in [-0.2, -0.15) is 0 Å². The van der Waals surface area contributed by atoms with Gasteiger partial charge in [-0.05, 0) is 24.3 Å². The molecule has 2 amide bonds. The molecule has 2 aromatic rings. The number of pyridine rings is 1. The molecule has 0 bridgehead atoms. The summed E-state index contributed by atoms with van der Waals surface area (Å²) >= 11 is 0. The van der Waals surface area contributed by atoms with E-state index in [9.17, 15) is 9.59 Å². The lowest BCUT2D eigenvalue weighted by atomic mass is 10.3. The molecule has 142 valence electrons. The average molecular weight is 373 g/mol. The predicted molar refractivity (Wildman–Crippen MR) is 98.0 cm³/mol. The molecular weight excluding hydrogens is 354 g/mol. The number of alkyl carbamates (subject to hydrolysis) is 1. The largest absolute Gasteiger partial charge is 0.455 e. The number of nitrogens with two attached hydrogens (primary N) is 2. The number of hydrogen-bond donors (Lipinski definition) is 4. The van der Waals surface area contributed by atoms with Crippen LogP contribution in [0.25, 0.3) is 0 Å². The molecule has 0 saturated carbocycles. The summed E-state index contributed by atoms with van der Waals surface area (Å²) in [5, 5.41) is 12.9. The van der Waals surface area contributed by atoms with Crippen molar-refractivity contribution in [3.63, 3.8) is 0 Å². The summed E-state index contributed by atoms with van der Waals surface area (Å²) in [6.45, 7) is -0.450. The fraction of sp³-hybridized carbons (Fsp3) is 0.188. The van der Waals surface area contributed by atoms with Crippen LogP contribution in [0.15, 0.2) is 46.6 Å². The van der Waals surface area contributed by atoms with Gasteiger partial charge in [0.25, 0.3) is 0 Å². The number of ether oxygens (including phenoxy) is 2. The number of benzene rings is 1. The Bertz CT molecular complexity index is 841. The minimum Gasteiger partial charge on any atom is -0.455 e. The molecule has 0 aliphatic heterocycles. The van der Waals surface area contributed by atoms with Crippen LogP contribution in [0.1, 0.15) is 0 Å². The summed E-state index contributed by atoms with van der Waals surface area (Å²) in [5.41, 5.74) is 11.8. The van der Waals surface area contributed by atoms with Crippen molar-refractivity contribution in [2.75, 3.05) is 31.4 Å². The zero-order valence-electron chi connectivity index (χ0n) is 14.5. The summed E-state index contributed by atoms with van der Waals surface area (Å²) in [6.07, 6.45) is -0.616. The molecule has 0 aliphatic carbocycles. The Kier molecular flexibility index (Phi) is 7.02. The highest BCUT2D eigenvalue weighted by molar-refractivity contribution is 5.91. The minimum atomic E-state index is -0.616. The highest BCUT2D eigenvalue weighted by Gasteiger charge is 2.07. The number of rotatable bonds is 7. The zero-order chi connectivity index (χ0) is 19.6. The Balaban J connectivity index is 2.09. The fourth-order valence-corrected chi connectivity index (χ4v) is 1.80. The van der Waals surface area contributed by atoms with E-state index in [1.165, 1.54) is 13.1 Å². The Hall–Kier alpha value is -3.73. The number of nitrogens with zero attached hydrogens (tertiary/aromatic N) is 3. The van der Waals surface area contributed by atoms with Crippen LogP contribution in [-0.4, -0.2) is 37.4 Å². The lowest BCUT2D eigenvalue weighted by molar-refractivity contribution is -0.114. The van der Waals surface area contributed by atoms with Crippen LogP contribution >= 0.6 is 0 Å². The van der Waals surface area contributed by atoms with E-state index in [-0.39, 0.29) is 30.9 Å². The van der Waals surface area contributed by atoms with Crippen LogP contribution in [0, 0.1) is 0 Å². The third-order valence-corrected chi connectivity index (χ3v) is 3.09. The van der Waals surface area contributed by atoms with E-state index in [0.717, 1.165) is 0 Å². The van der Waals surface area contributed by atoms with Gasteiger partial charge in [-0.3, -0.25) is 4.79 Å². The predicted octanol–water partition coefficient (Wildman–Crippen LogP) is 1.67. The molecule has 0 saturated heterocycles. The fourth-order valence-electron chi connectivity index (χ4n) is 1.80. The van der Waals surface area contributed by atoms with Gasteiger partial charge in [0.1, 0.15) is 17.2 Å². The van der Waals surface area contributed by atoms with Gasteiger partial charge in [0.2, 0.25) is 12.7 Å². The number of aromatic nitrogens is 1. The highest BCUT2D eigenvalue weighted by atomic mass is 16.7.